The molecule has 0 aliphatic carbocycles. The molecule has 0 atom stereocenters. The van der Waals surface area contributed by atoms with Crippen LogP contribution >= 0.6 is 0 Å². The first-order valence-corrected chi connectivity index (χ1v) is 21.9. The van der Waals surface area contributed by atoms with Crippen LogP contribution in [-0.2, 0) is 66.4 Å². The number of hydrogen-bond donors (Lipinski definition) is 0. The molecule has 0 aromatic rings. The fraction of sp³-hybridized carbons (Fsp3) is 0.930. The van der Waals surface area contributed by atoms with Crippen molar-refractivity contribution < 1.29 is 66.4 Å². The van der Waals surface area contributed by atoms with Gasteiger partial charge < -0.3 is 61.6 Å². The lowest BCUT2D eigenvalue weighted by Crippen LogP contribution is -2.16. The van der Waals surface area contributed by atoms with Crippen molar-refractivity contribution in [2.75, 3.05) is 165 Å². The Labute approximate surface area is 346 Å². The molecule has 0 spiro atoms. The lowest BCUT2D eigenvalue weighted by atomic mass is 10.0. The fourth-order valence-corrected chi connectivity index (χ4v) is 5.06. The summed E-state index contributed by atoms with van der Waals surface area (Å²) in [6, 6.07) is 0. The largest absolute Gasteiger partial charge is 0.460 e. The van der Waals surface area contributed by atoms with Crippen LogP contribution in [0.25, 0.3) is 0 Å². The quantitative estimate of drug-likeness (QED) is 0.0380. The molecule has 0 saturated heterocycles. The number of carbonyl (C=O) groups is 1. The molecular weight excluding hydrogens is 740 g/mol. The van der Waals surface area contributed by atoms with Gasteiger partial charge in [-0.2, -0.15) is 0 Å². The number of ether oxygens (including phenoxy) is 13. The van der Waals surface area contributed by atoms with Crippen molar-refractivity contribution in [2.45, 2.75) is 97.3 Å². The Hall–Kier alpha value is -1.27. The smallest absolute Gasteiger partial charge is 0.333 e. The number of esters is 1. The summed E-state index contributed by atoms with van der Waals surface area (Å²) < 4.78 is 70.9. The van der Waals surface area contributed by atoms with Crippen LogP contribution in [0.3, 0.4) is 0 Å². The van der Waals surface area contributed by atoms with E-state index in [1.165, 1.54) is 77.0 Å². The average molecular weight is 825 g/mol. The van der Waals surface area contributed by atoms with Gasteiger partial charge in [-0.3, -0.25) is 0 Å². The first kappa shape index (κ1) is 55.7. The maximum Gasteiger partial charge on any atom is 0.333 e. The van der Waals surface area contributed by atoms with Gasteiger partial charge in [-0.05, 0) is 13.3 Å². The second-order valence-electron chi connectivity index (χ2n) is 13.5. The molecule has 0 aliphatic heterocycles. The lowest BCUT2D eigenvalue weighted by Gasteiger charge is -2.09. The minimum absolute atomic E-state index is 0.199. The molecule has 0 rings (SSSR count). The molecule has 14 heteroatoms. The molecule has 0 bridgehead atoms. The van der Waals surface area contributed by atoms with Crippen molar-refractivity contribution in [3.63, 3.8) is 0 Å². The summed E-state index contributed by atoms with van der Waals surface area (Å²) in [5, 5.41) is 0. The van der Waals surface area contributed by atoms with E-state index in [2.05, 4.69) is 13.5 Å². The summed E-state index contributed by atoms with van der Waals surface area (Å²) in [7, 11) is 0. The molecule has 14 nitrogen and oxygen atoms in total. The number of unbranched alkanes of at least 4 members (excludes halogenated alkanes) is 12. The second-order valence-corrected chi connectivity index (χ2v) is 13.5. The summed E-state index contributed by atoms with van der Waals surface area (Å²) in [4.78, 5) is 11.2. The molecule has 0 aliphatic rings. The summed E-state index contributed by atoms with van der Waals surface area (Å²) in [6.45, 7) is 20.0. The average Bonchev–Trinajstić information content (AvgIpc) is 3.21. The standard InChI is InChI=1S/C43H84O14/c1-4-5-6-7-8-9-10-11-12-13-14-15-16-17-45-18-19-46-20-21-47-22-23-48-24-25-49-26-27-50-28-29-51-30-31-52-32-33-53-34-35-54-36-37-55-38-39-56-40-41-57-43(44)42(2)3/h2,4-41H2,1,3H3. The minimum Gasteiger partial charge on any atom is -0.460 e. The van der Waals surface area contributed by atoms with Crippen LogP contribution in [-0.4, -0.2) is 171 Å². The molecule has 0 radical (unpaired) electrons. The van der Waals surface area contributed by atoms with E-state index < -0.39 is 5.97 Å². The van der Waals surface area contributed by atoms with Crippen LogP contribution in [0.2, 0.25) is 0 Å². The topological polar surface area (TPSA) is 137 Å². The zero-order valence-corrected chi connectivity index (χ0v) is 36.3. The van der Waals surface area contributed by atoms with Crippen molar-refractivity contribution in [3.8, 4) is 0 Å². The van der Waals surface area contributed by atoms with Crippen LogP contribution in [0.15, 0.2) is 12.2 Å². The third-order valence-corrected chi connectivity index (χ3v) is 8.29. The van der Waals surface area contributed by atoms with E-state index in [-0.39, 0.29) is 6.61 Å². The van der Waals surface area contributed by atoms with Gasteiger partial charge in [-0.15, -0.1) is 0 Å². The Bertz CT molecular complexity index is 791. The van der Waals surface area contributed by atoms with Gasteiger partial charge in [0, 0.05) is 12.2 Å². The van der Waals surface area contributed by atoms with Crippen molar-refractivity contribution in [1.29, 1.82) is 0 Å². The highest BCUT2D eigenvalue weighted by Gasteiger charge is 2.02. The van der Waals surface area contributed by atoms with E-state index in [0.717, 1.165) is 13.0 Å². The van der Waals surface area contributed by atoms with Crippen LogP contribution < -0.4 is 0 Å². The molecule has 0 N–H and O–H groups in total. The van der Waals surface area contributed by atoms with Gasteiger partial charge in [0.15, 0.2) is 0 Å². The zero-order valence-electron chi connectivity index (χ0n) is 36.3. The molecule has 0 saturated carbocycles. The predicted octanol–water partition coefficient (Wildman–Crippen LogP) is 6.40. The second kappa shape index (κ2) is 50.9. The molecule has 0 fully saturated rings. The summed E-state index contributed by atoms with van der Waals surface area (Å²) >= 11 is 0. The first-order valence-electron chi connectivity index (χ1n) is 21.9. The van der Waals surface area contributed by atoms with Crippen LogP contribution in [0.1, 0.15) is 97.3 Å². The fourth-order valence-electron chi connectivity index (χ4n) is 5.06. The molecule has 57 heavy (non-hydrogen) atoms. The Kier molecular flexibility index (Phi) is 49.7. The Morgan fingerprint density at radius 1 is 0.298 bits per heavy atom. The van der Waals surface area contributed by atoms with Gasteiger partial charge in [-0.1, -0.05) is 90.6 Å². The highest BCUT2D eigenvalue weighted by atomic mass is 16.6. The van der Waals surface area contributed by atoms with Gasteiger partial charge >= 0.3 is 5.97 Å². The van der Waals surface area contributed by atoms with Gasteiger partial charge in [0.2, 0.25) is 0 Å². The summed E-state index contributed by atoms with van der Waals surface area (Å²) in [6.07, 6.45) is 17.7. The van der Waals surface area contributed by atoms with Crippen molar-refractivity contribution in [3.05, 3.63) is 12.2 Å². The number of carbonyl (C=O) groups excluding carboxylic acids is 1. The molecule has 0 heterocycles. The van der Waals surface area contributed by atoms with Crippen molar-refractivity contribution in [2.24, 2.45) is 0 Å². The van der Waals surface area contributed by atoms with Gasteiger partial charge in [-0.25, -0.2) is 4.79 Å². The Balaban J connectivity index is 3.07. The van der Waals surface area contributed by atoms with E-state index in [4.69, 9.17) is 61.6 Å². The molecular formula is C43H84O14. The van der Waals surface area contributed by atoms with Crippen molar-refractivity contribution >= 4 is 5.97 Å². The van der Waals surface area contributed by atoms with E-state index in [9.17, 15) is 4.79 Å². The van der Waals surface area contributed by atoms with Crippen LogP contribution in [0.5, 0.6) is 0 Å². The zero-order chi connectivity index (χ0) is 41.2. The predicted molar refractivity (Wildman–Crippen MR) is 221 cm³/mol. The Morgan fingerprint density at radius 2 is 0.491 bits per heavy atom. The molecule has 0 unspecified atom stereocenters. The van der Waals surface area contributed by atoms with Gasteiger partial charge in [0.1, 0.15) is 6.61 Å². The van der Waals surface area contributed by atoms with Crippen molar-refractivity contribution in [1.82, 2.24) is 0 Å². The van der Waals surface area contributed by atoms with Gasteiger partial charge in [0.25, 0.3) is 0 Å². The van der Waals surface area contributed by atoms with Crippen LogP contribution in [0.4, 0.5) is 0 Å². The highest BCUT2D eigenvalue weighted by molar-refractivity contribution is 5.86. The SMILES string of the molecule is C=C(C)C(=O)OCCOCCOCCOCCOCCOCCOCCOCCOCCOCCOCCOCCOCCCCCCCCCCCCCCC. The van der Waals surface area contributed by atoms with E-state index in [1.807, 2.05) is 0 Å². The third-order valence-electron chi connectivity index (χ3n) is 8.29. The molecule has 0 aromatic carbocycles. The summed E-state index contributed by atoms with van der Waals surface area (Å²) in [5.41, 5.74) is 0.371. The minimum atomic E-state index is -0.412. The maximum atomic E-state index is 11.2. The third kappa shape index (κ3) is 50.8. The molecule has 0 aromatic heterocycles. The highest BCUT2D eigenvalue weighted by Crippen LogP contribution is 2.12. The monoisotopic (exact) mass is 825 g/mol. The lowest BCUT2D eigenvalue weighted by molar-refractivity contribution is -0.140. The Morgan fingerprint density at radius 3 is 0.719 bits per heavy atom. The molecule has 0 amide bonds. The first-order chi connectivity index (χ1) is 28.2. The normalized spacial score (nSPS) is 11.5. The summed E-state index contributed by atoms with van der Waals surface area (Å²) in [5.74, 6) is -0.412. The molecule has 340 valence electrons. The van der Waals surface area contributed by atoms with E-state index >= 15 is 0 Å². The van der Waals surface area contributed by atoms with E-state index in [1.54, 1.807) is 6.92 Å². The maximum absolute atomic E-state index is 11.2. The van der Waals surface area contributed by atoms with Crippen LogP contribution in [0, 0.1) is 0 Å². The number of rotatable bonds is 51. The van der Waals surface area contributed by atoms with E-state index in [0.29, 0.717) is 158 Å². The van der Waals surface area contributed by atoms with Gasteiger partial charge in [0.05, 0.1) is 152 Å². The number of hydrogen-bond acceptors (Lipinski definition) is 14.